The van der Waals surface area contributed by atoms with E-state index in [9.17, 15) is 4.79 Å². The molecule has 70 valence electrons. The van der Waals surface area contributed by atoms with Crippen molar-refractivity contribution < 1.29 is 4.79 Å². The van der Waals surface area contributed by atoms with Crippen LogP contribution in [0.2, 0.25) is 0 Å². The van der Waals surface area contributed by atoms with Gasteiger partial charge in [0.1, 0.15) is 0 Å². The van der Waals surface area contributed by atoms with Crippen LogP contribution in [0.4, 0.5) is 0 Å². The van der Waals surface area contributed by atoms with Crippen molar-refractivity contribution >= 4 is 18.5 Å². The fourth-order valence-corrected chi connectivity index (χ4v) is 1.44. The minimum Gasteiger partial charge on any atom is -0.345 e. The summed E-state index contributed by atoms with van der Waals surface area (Å²) in [4.78, 5) is 13.8. The van der Waals surface area contributed by atoms with Gasteiger partial charge >= 0.3 is 0 Å². The van der Waals surface area contributed by atoms with Crippen LogP contribution >= 0.6 is 12.6 Å². The van der Waals surface area contributed by atoms with Gasteiger partial charge in [-0.2, -0.15) is 0 Å². The van der Waals surface area contributed by atoms with Crippen LogP contribution in [-0.4, -0.2) is 24.9 Å². The number of carbonyl (C=O) groups excluding carboxylic acids is 1. The number of nitrogens with zero attached hydrogens (tertiary/aromatic N) is 1. The summed E-state index contributed by atoms with van der Waals surface area (Å²) < 4.78 is 0. The third-order valence-corrected chi connectivity index (χ3v) is 2.16. The van der Waals surface area contributed by atoms with E-state index >= 15 is 0 Å². The van der Waals surface area contributed by atoms with E-state index in [4.69, 9.17) is 0 Å². The maximum absolute atomic E-state index is 11.6. The average molecular weight is 195 g/mol. The first kappa shape index (κ1) is 10.1. The number of amides is 1. The number of hydrogen-bond donors (Lipinski definition) is 1. The third-order valence-electron chi connectivity index (χ3n) is 1.79. The zero-order chi connectivity index (χ0) is 10.0. The zero-order valence-electron chi connectivity index (χ0n) is 8.03. The van der Waals surface area contributed by atoms with Crippen molar-refractivity contribution in [3.05, 3.63) is 29.3 Å². The van der Waals surface area contributed by atoms with E-state index in [-0.39, 0.29) is 5.91 Å². The molecular weight excluding hydrogens is 182 g/mol. The van der Waals surface area contributed by atoms with Gasteiger partial charge in [0.05, 0.1) is 5.56 Å². The highest BCUT2D eigenvalue weighted by atomic mass is 32.1. The van der Waals surface area contributed by atoms with Crippen LogP contribution in [0.15, 0.2) is 23.1 Å². The summed E-state index contributed by atoms with van der Waals surface area (Å²) in [5.74, 6) is -0.00926. The Morgan fingerprint density at radius 1 is 1.38 bits per heavy atom. The number of benzene rings is 1. The minimum atomic E-state index is -0.00926. The molecule has 0 saturated carbocycles. The van der Waals surface area contributed by atoms with Gasteiger partial charge in [0.2, 0.25) is 0 Å². The molecule has 0 bridgehead atoms. The molecule has 0 heterocycles. The molecule has 0 aliphatic rings. The molecule has 3 heteroatoms. The summed E-state index contributed by atoms with van der Waals surface area (Å²) in [5, 5.41) is 0. The first-order chi connectivity index (χ1) is 6.02. The molecule has 1 rings (SSSR count). The normalized spacial score (nSPS) is 9.85. The number of aryl methyl sites for hydroxylation is 1. The van der Waals surface area contributed by atoms with Crippen molar-refractivity contribution in [3.8, 4) is 0 Å². The van der Waals surface area contributed by atoms with E-state index in [1.165, 1.54) is 0 Å². The Morgan fingerprint density at radius 3 is 2.46 bits per heavy atom. The van der Waals surface area contributed by atoms with Crippen LogP contribution in [0.25, 0.3) is 0 Å². The molecule has 0 aromatic heterocycles. The van der Waals surface area contributed by atoms with Gasteiger partial charge in [-0.3, -0.25) is 4.79 Å². The quantitative estimate of drug-likeness (QED) is 0.679. The summed E-state index contributed by atoms with van der Waals surface area (Å²) >= 11 is 4.25. The monoisotopic (exact) mass is 195 g/mol. The van der Waals surface area contributed by atoms with E-state index in [1.54, 1.807) is 25.1 Å². The molecule has 0 unspecified atom stereocenters. The van der Waals surface area contributed by atoms with Crippen LogP contribution in [0, 0.1) is 6.92 Å². The average Bonchev–Trinajstić information content (AvgIpc) is 2.03. The summed E-state index contributed by atoms with van der Waals surface area (Å²) in [5.41, 5.74) is 1.76. The highest BCUT2D eigenvalue weighted by Crippen LogP contribution is 2.16. The van der Waals surface area contributed by atoms with Gasteiger partial charge in [-0.15, -0.1) is 12.6 Å². The molecule has 1 amide bonds. The van der Waals surface area contributed by atoms with Crippen molar-refractivity contribution in [2.75, 3.05) is 14.1 Å². The predicted molar refractivity (Wildman–Crippen MR) is 56.4 cm³/mol. The summed E-state index contributed by atoms with van der Waals surface area (Å²) in [6.45, 7) is 1.98. The molecule has 13 heavy (non-hydrogen) atoms. The Hall–Kier alpha value is -0.960. The lowest BCUT2D eigenvalue weighted by atomic mass is 10.1. The fourth-order valence-electron chi connectivity index (χ4n) is 1.06. The second kappa shape index (κ2) is 3.83. The lowest BCUT2D eigenvalue weighted by Gasteiger charge is -2.11. The van der Waals surface area contributed by atoms with Crippen LogP contribution in [0.3, 0.4) is 0 Å². The van der Waals surface area contributed by atoms with Crippen LogP contribution in [-0.2, 0) is 0 Å². The molecule has 0 aliphatic carbocycles. The van der Waals surface area contributed by atoms with E-state index in [2.05, 4.69) is 12.6 Å². The number of hydrogen-bond acceptors (Lipinski definition) is 2. The van der Waals surface area contributed by atoms with Crippen molar-refractivity contribution in [2.45, 2.75) is 11.8 Å². The molecule has 0 aliphatic heterocycles. The van der Waals surface area contributed by atoms with Crippen molar-refractivity contribution in [2.24, 2.45) is 0 Å². The van der Waals surface area contributed by atoms with E-state index in [0.717, 1.165) is 10.5 Å². The molecule has 0 atom stereocenters. The Balaban J connectivity index is 3.09. The van der Waals surface area contributed by atoms with Gasteiger partial charge in [-0.1, -0.05) is 6.07 Å². The molecule has 1 aromatic rings. The SMILES string of the molecule is Cc1ccc(C(=O)N(C)C)c(S)c1. The maximum atomic E-state index is 11.6. The van der Waals surface area contributed by atoms with Gasteiger partial charge in [-0.25, -0.2) is 0 Å². The Labute approximate surface area is 84.0 Å². The lowest BCUT2D eigenvalue weighted by Crippen LogP contribution is -2.22. The van der Waals surface area contributed by atoms with E-state index in [1.807, 2.05) is 19.1 Å². The molecular formula is C10H13NOS. The van der Waals surface area contributed by atoms with Crippen molar-refractivity contribution in [1.29, 1.82) is 0 Å². The summed E-state index contributed by atoms with van der Waals surface area (Å²) in [6.07, 6.45) is 0. The summed E-state index contributed by atoms with van der Waals surface area (Å²) in [7, 11) is 3.46. The van der Waals surface area contributed by atoms with Crippen LogP contribution in [0.1, 0.15) is 15.9 Å². The molecule has 0 saturated heterocycles. The first-order valence-electron chi connectivity index (χ1n) is 4.03. The molecule has 0 N–H and O–H groups in total. The van der Waals surface area contributed by atoms with Gasteiger partial charge in [-0.05, 0) is 24.6 Å². The molecule has 2 nitrogen and oxygen atoms in total. The number of rotatable bonds is 1. The highest BCUT2D eigenvalue weighted by molar-refractivity contribution is 7.80. The lowest BCUT2D eigenvalue weighted by molar-refractivity contribution is 0.0824. The topological polar surface area (TPSA) is 20.3 Å². The van der Waals surface area contributed by atoms with Gasteiger partial charge in [0.15, 0.2) is 0 Å². The van der Waals surface area contributed by atoms with Crippen LogP contribution < -0.4 is 0 Å². The molecule has 0 spiro atoms. The standard InChI is InChI=1S/C10H13NOS/c1-7-4-5-8(9(13)6-7)10(12)11(2)3/h4-6,13H,1-3H3. The molecule has 0 fully saturated rings. The Morgan fingerprint density at radius 2 is 2.00 bits per heavy atom. The highest BCUT2D eigenvalue weighted by Gasteiger charge is 2.10. The van der Waals surface area contributed by atoms with Gasteiger partial charge < -0.3 is 4.90 Å². The zero-order valence-corrected chi connectivity index (χ0v) is 8.93. The first-order valence-corrected chi connectivity index (χ1v) is 4.48. The van der Waals surface area contributed by atoms with Crippen molar-refractivity contribution in [1.82, 2.24) is 4.90 Å². The van der Waals surface area contributed by atoms with E-state index in [0.29, 0.717) is 5.56 Å². The second-order valence-electron chi connectivity index (χ2n) is 3.22. The van der Waals surface area contributed by atoms with Gasteiger partial charge in [0, 0.05) is 19.0 Å². The molecule has 0 radical (unpaired) electrons. The van der Waals surface area contributed by atoms with E-state index < -0.39 is 0 Å². The Bertz CT molecular complexity index is 334. The van der Waals surface area contributed by atoms with Crippen molar-refractivity contribution in [3.63, 3.8) is 0 Å². The molecule has 1 aromatic carbocycles. The smallest absolute Gasteiger partial charge is 0.254 e. The minimum absolute atomic E-state index is 0.00926. The number of thiol groups is 1. The summed E-state index contributed by atoms with van der Waals surface area (Å²) in [6, 6.07) is 5.61. The fraction of sp³-hybridized carbons (Fsp3) is 0.300. The predicted octanol–water partition coefficient (Wildman–Crippen LogP) is 1.99. The third kappa shape index (κ3) is 2.25. The van der Waals surface area contributed by atoms with Gasteiger partial charge in [0.25, 0.3) is 5.91 Å². The number of carbonyl (C=O) groups is 1. The maximum Gasteiger partial charge on any atom is 0.254 e. The van der Waals surface area contributed by atoms with Crippen LogP contribution in [0.5, 0.6) is 0 Å². The second-order valence-corrected chi connectivity index (χ2v) is 3.70. The Kier molecular flexibility index (Phi) is 2.98. The largest absolute Gasteiger partial charge is 0.345 e.